The number of carbonyl (C=O) groups excluding carboxylic acids is 2. The lowest BCUT2D eigenvalue weighted by atomic mass is 10.0. The van der Waals surface area contributed by atoms with Gasteiger partial charge in [-0.05, 0) is 42.3 Å². The molecule has 0 fully saturated rings. The Balaban J connectivity index is 2.20. The number of benzene rings is 2. The first-order chi connectivity index (χ1) is 10.1. The Morgan fingerprint density at radius 2 is 1.76 bits per heavy atom. The van der Waals surface area contributed by atoms with Gasteiger partial charge >= 0.3 is 5.97 Å². The van der Waals surface area contributed by atoms with Crippen molar-refractivity contribution in [2.75, 3.05) is 7.11 Å². The largest absolute Gasteiger partial charge is 0.465 e. The maximum Gasteiger partial charge on any atom is 0.337 e. The number of methoxy groups -OCH3 is 1. The number of hydrogen-bond acceptors (Lipinski definition) is 3. The van der Waals surface area contributed by atoms with Gasteiger partial charge in [-0.15, -0.1) is 0 Å². The monoisotopic (exact) mass is 280 g/mol. The van der Waals surface area contributed by atoms with E-state index in [9.17, 15) is 9.59 Å². The summed E-state index contributed by atoms with van der Waals surface area (Å²) in [5, 5.41) is 0. The van der Waals surface area contributed by atoms with Gasteiger partial charge in [0.15, 0.2) is 5.78 Å². The molecule has 2 rings (SSSR count). The van der Waals surface area contributed by atoms with E-state index in [2.05, 4.69) is 4.74 Å². The van der Waals surface area contributed by atoms with Crippen LogP contribution in [0, 0.1) is 6.92 Å². The summed E-state index contributed by atoms with van der Waals surface area (Å²) in [6, 6.07) is 14.5. The van der Waals surface area contributed by atoms with E-state index in [-0.39, 0.29) is 5.78 Å². The van der Waals surface area contributed by atoms with Crippen molar-refractivity contribution in [2.45, 2.75) is 6.92 Å². The minimum Gasteiger partial charge on any atom is -0.465 e. The molecule has 0 spiro atoms. The molecule has 0 bridgehead atoms. The molecule has 0 saturated carbocycles. The Morgan fingerprint density at radius 1 is 1.05 bits per heavy atom. The zero-order valence-electron chi connectivity index (χ0n) is 12.0. The number of rotatable bonds is 4. The molecule has 106 valence electrons. The summed E-state index contributed by atoms with van der Waals surface area (Å²) in [5.41, 5.74) is 2.74. The first-order valence-electron chi connectivity index (χ1n) is 6.58. The average Bonchev–Trinajstić information content (AvgIpc) is 2.52. The van der Waals surface area contributed by atoms with E-state index in [1.807, 2.05) is 30.3 Å². The molecule has 0 saturated heterocycles. The third-order valence-corrected chi connectivity index (χ3v) is 3.14. The highest BCUT2D eigenvalue weighted by atomic mass is 16.5. The highest BCUT2D eigenvalue weighted by Gasteiger charge is 2.10. The Bertz CT molecular complexity index is 685. The molecule has 0 radical (unpaired) electrons. The summed E-state index contributed by atoms with van der Waals surface area (Å²) in [5.74, 6) is -0.496. The Morgan fingerprint density at radius 3 is 2.38 bits per heavy atom. The summed E-state index contributed by atoms with van der Waals surface area (Å²) in [6.45, 7) is 1.80. The van der Waals surface area contributed by atoms with Crippen LogP contribution in [0.25, 0.3) is 6.08 Å². The van der Waals surface area contributed by atoms with E-state index in [1.54, 1.807) is 31.2 Å². The lowest BCUT2D eigenvalue weighted by Gasteiger charge is -2.05. The number of hydrogen-bond donors (Lipinski definition) is 0. The van der Waals surface area contributed by atoms with Crippen LogP contribution in [0.2, 0.25) is 0 Å². The van der Waals surface area contributed by atoms with Gasteiger partial charge in [-0.2, -0.15) is 0 Å². The highest BCUT2D eigenvalue weighted by molar-refractivity contribution is 6.08. The quantitative estimate of drug-likeness (QED) is 0.487. The lowest BCUT2D eigenvalue weighted by Crippen LogP contribution is -2.04. The third kappa shape index (κ3) is 3.66. The molecule has 0 atom stereocenters. The van der Waals surface area contributed by atoms with Crippen molar-refractivity contribution >= 4 is 17.8 Å². The van der Waals surface area contributed by atoms with Crippen molar-refractivity contribution in [3.05, 3.63) is 76.9 Å². The molecule has 0 aromatic heterocycles. The molecule has 0 heterocycles. The molecule has 21 heavy (non-hydrogen) atoms. The van der Waals surface area contributed by atoms with Gasteiger partial charge in [0.2, 0.25) is 0 Å². The smallest absolute Gasteiger partial charge is 0.337 e. The van der Waals surface area contributed by atoms with Crippen LogP contribution in [0.4, 0.5) is 0 Å². The van der Waals surface area contributed by atoms with Gasteiger partial charge in [0.05, 0.1) is 12.7 Å². The number of carbonyl (C=O) groups is 2. The summed E-state index contributed by atoms with van der Waals surface area (Å²) >= 11 is 0. The van der Waals surface area contributed by atoms with Crippen LogP contribution in [0.15, 0.2) is 54.6 Å². The second kappa shape index (κ2) is 6.66. The topological polar surface area (TPSA) is 43.4 Å². The van der Waals surface area contributed by atoms with Gasteiger partial charge in [-0.25, -0.2) is 4.79 Å². The van der Waals surface area contributed by atoms with E-state index in [4.69, 9.17) is 0 Å². The van der Waals surface area contributed by atoms with Gasteiger partial charge in [0.1, 0.15) is 0 Å². The molecular formula is C18H16O3. The van der Waals surface area contributed by atoms with Crippen molar-refractivity contribution < 1.29 is 14.3 Å². The van der Waals surface area contributed by atoms with E-state index in [0.29, 0.717) is 11.1 Å². The summed E-state index contributed by atoms with van der Waals surface area (Å²) in [6.07, 6.45) is 3.31. The van der Waals surface area contributed by atoms with Crippen molar-refractivity contribution in [3.63, 3.8) is 0 Å². The first kappa shape index (κ1) is 14.7. The van der Waals surface area contributed by atoms with Crippen LogP contribution < -0.4 is 0 Å². The minimum atomic E-state index is -0.406. The Hall–Kier alpha value is -2.68. The zero-order valence-corrected chi connectivity index (χ0v) is 12.0. The molecule has 0 N–H and O–H groups in total. The first-order valence-corrected chi connectivity index (χ1v) is 6.58. The van der Waals surface area contributed by atoms with Gasteiger partial charge in [0.25, 0.3) is 0 Å². The summed E-state index contributed by atoms with van der Waals surface area (Å²) < 4.78 is 4.66. The zero-order chi connectivity index (χ0) is 15.2. The molecule has 3 nitrogen and oxygen atoms in total. The van der Waals surface area contributed by atoms with Crippen molar-refractivity contribution in [3.8, 4) is 0 Å². The normalized spacial score (nSPS) is 10.6. The Labute approximate surface area is 123 Å². The van der Waals surface area contributed by atoms with Gasteiger partial charge in [-0.3, -0.25) is 4.79 Å². The second-order valence-electron chi connectivity index (χ2n) is 4.63. The van der Waals surface area contributed by atoms with Gasteiger partial charge < -0.3 is 4.74 Å². The molecule has 0 aliphatic rings. The fraction of sp³-hybridized carbons (Fsp3) is 0.111. The highest BCUT2D eigenvalue weighted by Crippen LogP contribution is 2.14. The molecule has 2 aromatic rings. The SMILES string of the molecule is COC(=O)c1ccc(C(=O)C=Cc2ccccc2)c(C)c1. The van der Waals surface area contributed by atoms with Crippen LogP contribution in [0.1, 0.15) is 31.8 Å². The fourth-order valence-electron chi connectivity index (χ4n) is 2.01. The molecule has 3 heteroatoms. The predicted molar refractivity (Wildman–Crippen MR) is 82.3 cm³/mol. The molecular weight excluding hydrogens is 264 g/mol. The maximum absolute atomic E-state index is 12.2. The van der Waals surface area contributed by atoms with Crippen LogP contribution in [-0.2, 0) is 4.74 Å². The van der Waals surface area contributed by atoms with E-state index < -0.39 is 5.97 Å². The summed E-state index contributed by atoms with van der Waals surface area (Å²) in [7, 11) is 1.33. The molecule has 0 amide bonds. The van der Waals surface area contributed by atoms with Crippen molar-refractivity contribution in [1.82, 2.24) is 0 Å². The van der Waals surface area contributed by atoms with Crippen molar-refractivity contribution in [2.24, 2.45) is 0 Å². The van der Waals surface area contributed by atoms with Gasteiger partial charge in [0, 0.05) is 5.56 Å². The third-order valence-electron chi connectivity index (χ3n) is 3.14. The van der Waals surface area contributed by atoms with E-state index in [0.717, 1.165) is 11.1 Å². The minimum absolute atomic E-state index is 0.0900. The number of ether oxygens (including phenoxy) is 1. The number of esters is 1. The average molecular weight is 280 g/mol. The summed E-state index contributed by atoms with van der Waals surface area (Å²) in [4.78, 5) is 23.6. The molecule has 0 aliphatic heterocycles. The van der Waals surface area contributed by atoms with Crippen LogP contribution in [0.3, 0.4) is 0 Å². The lowest BCUT2D eigenvalue weighted by molar-refractivity contribution is 0.0600. The van der Waals surface area contributed by atoms with Crippen LogP contribution >= 0.6 is 0 Å². The number of aryl methyl sites for hydroxylation is 1. The van der Waals surface area contributed by atoms with Crippen molar-refractivity contribution in [1.29, 1.82) is 0 Å². The van der Waals surface area contributed by atoms with Crippen LogP contribution in [-0.4, -0.2) is 18.9 Å². The fourth-order valence-corrected chi connectivity index (χ4v) is 2.01. The predicted octanol–water partition coefficient (Wildman–Crippen LogP) is 3.68. The van der Waals surface area contributed by atoms with E-state index in [1.165, 1.54) is 13.2 Å². The standard InChI is InChI=1S/C18H16O3/c1-13-12-15(18(20)21-2)9-10-16(13)17(19)11-8-14-6-4-3-5-7-14/h3-12H,1-2H3. The Kier molecular flexibility index (Phi) is 4.67. The second-order valence-corrected chi connectivity index (χ2v) is 4.63. The van der Waals surface area contributed by atoms with Crippen LogP contribution in [0.5, 0.6) is 0 Å². The molecule has 0 aliphatic carbocycles. The van der Waals surface area contributed by atoms with E-state index >= 15 is 0 Å². The molecule has 2 aromatic carbocycles. The number of allylic oxidation sites excluding steroid dienone is 1. The molecule has 0 unspecified atom stereocenters. The number of ketones is 1. The van der Waals surface area contributed by atoms with Gasteiger partial charge in [-0.1, -0.05) is 36.4 Å². The maximum atomic E-state index is 12.2.